The van der Waals surface area contributed by atoms with Crippen LogP contribution in [0.15, 0.2) is 24.3 Å². The Kier molecular flexibility index (Phi) is 20.6. The molecule has 0 saturated carbocycles. The predicted octanol–water partition coefficient (Wildman–Crippen LogP) is 3.68. The van der Waals surface area contributed by atoms with Gasteiger partial charge in [-0.3, -0.25) is 4.79 Å². The van der Waals surface area contributed by atoms with Crippen LogP contribution in [0.2, 0.25) is 0 Å². The molecule has 0 aromatic heterocycles. The molecule has 6 nitrogen and oxygen atoms in total. The van der Waals surface area contributed by atoms with Crippen LogP contribution in [0.5, 0.6) is 0 Å². The van der Waals surface area contributed by atoms with E-state index in [2.05, 4.69) is 31.2 Å². The summed E-state index contributed by atoms with van der Waals surface area (Å²) >= 11 is 0. The van der Waals surface area contributed by atoms with E-state index in [4.69, 9.17) is 19.7 Å². The maximum atomic E-state index is 11.4. The molecule has 0 radical (unpaired) electrons. The highest BCUT2D eigenvalue weighted by atomic mass is 16.5. The Morgan fingerprint density at radius 1 is 0.966 bits per heavy atom. The van der Waals surface area contributed by atoms with Crippen LogP contribution in [-0.4, -0.2) is 59.9 Å². The lowest BCUT2D eigenvalue weighted by Crippen LogP contribution is -2.24. The third kappa shape index (κ3) is 19.9. The van der Waals surface area contributed by atoms with E-state index >= 15 is 0 Å². The molecule has 3 N–H and O–H groups in total. The van der Waals surface area contributed by atoms with Crippen molar-refractivity contribution in [2.75, 3.05) is 26.4 Å². The van der Waals surface area contributed by atoms with Gasteiger partial charge in [-0.25, -0.2) is 0 Å². The Morgan fingerprint density at radius 2 is 1.72 bits per heavy atom. The van der Waals surface area contributed by atoms with E-state index in [9.17, 15) is 9.90 Å². The Bertz CT molecular complexity index is 422. The zero-order valence-corrected chi connectivity index (χ0v) is 18.1. The quantitative estimate of drug-likeness (QED) is 0.160. The highest BCUT2D eigenvalue weighted by Gasteiger charge is 2.12. The normalized spacial score (nSPS) is 13.9. The number of hydrogen-bond acceptors (Lipinski definition) is 6. The van der Waals surface area contributed by atoms with Gasteiger partial charge in [0, 0.05) is 6.42 Å². The Labute approximate surface area is 176 Å². The molecule has 0 aromatic rings. The van der Waals surface area contributed by atoms with Gasteiger partial charge in [0.05, 0.1) is 25.9 Å². The van der Waals surface area contributed by atoms with Crippen LogP contribution in [0.25, 0.3) is 0 Å². The lowest BCUT2D eigenvalue weighted by atomic mass is 10.1. The monoisotopic (exact) mass is 414 g/mol. The van der Waals surface area contributed by atoms with Crippen molar-refractivity contribution in [3.8, 4) is 0 Å². The molecule has 2 atom stereocenters. The molecule has 0 amide bonds. The van der Waals surface area contributed by atoms with Crippen LogP contribution >= 0.6 is 0 Å². The first-order chi connectivity index (χ1) is 14.1. The number of ether oxygens (including phenoxy) is 2. The van der Waals surface area contributed by atoms with Crippen molar-refractivity contribution in [2.45, 2.75) is 89.8 Å². The molecule has 0 saturated heterocycles. The molecule has 0 spiro atoms. The van der Waals surface area contributed by atoms with E-state index in [1.807, 2.05) is 0 Å². The van der Waals surface area contributed by atoms with Crippen molar-refractivity contribution in [2.24, 2.45) is 0 Å². The van der Waals surface area contributed by atoms with Gasteiger partial charge in [-0.1, -0.05) is 50.5 Å². The van der Waals surface area contributed by atoms with E-state index < -0.39 is 6.10 Å². The minimum Gasteiger partial charge on any atom is -0.463 e. The summed E-state index contributed by atoms with van der Waals surface area (Å²) in [6.07, 6.45) is 18.1. The second-order valence-electron chi connectivity index (χ2n) is 7.23. The van der Waals surface area contributed by atoms with Crippen molar-refractivity contribution in [3.63, 3.8) is 0 Å². The minimum atomic E-state index is -0.862. The summed E-state index contributed by atoms with van der Waals surface area (Å²) in [5, 5.41) is 27.1. The Balaban J connectivity index is 4.06. The molecule has 0 rings (SSSR count). The average Bonchev–Trinajstić information content (AvgIpc) is 2.73. The van der Waals surface area contributed by atoms with Crippen LogP contribution in [0.1, 0.15) is 77.6 Å². The summed E-state index contributed by atoms with van der Waals surface area (Å²) < 4.78 is 10.6. The van der Waals surface area contributed by atoms with Gasteiger partial charge >= 0.3 is 5.97 Å². The van der Waals surface area contributed by atoms with Crippen molar-refractivity contribution >= 4 is 5.97 Å². The lowest BCUT2D eigenvalue weighted by Gasteiger charge is -2.19. The Hall–Kier alpha value is -1.21. The van der Waals surface area contributed by atoms with E-state index in [-0.39, 0.29) is 38.5 Å². The van der Waals surface area contributed by atoms with Crippen LogP contribution in [0.4, 0.5) is 0 Å². The standard InChI is InChI=1S/C23H42O6/c1-2-3-4-5-6-7-8-9-10-11-14-22(29-20-21(26)19-25)15-12-13-16-23(27)28-18-17-24/h6-7,9-10,21-22,24-26H,2-5,8,11-20H2,1H3/b7-6-,10-9-. The first kappa shape index (κ1) is 27.8. The molecule has 6 heteroatoms. The highest BCUT2D eigenvalue weighted by molar-refractivity contribution is 5.69. The maximum Gasteiger partial charge on any atom is 0.305 e. The zero-order valence-electron chi connectivity index (χ0n) is 18.1. The molecule has 0 fully saturated rings. The first-order valence-corrected chi connectivity index (χ1v) is 11.1. The molecule has 0 bridgehead atoms. The maximum absolute atomic E-state index is 11.4. The second kappa shape index (κ2) is 21.5. The third-order valence-corrected chi connectivity index (χ3v) is 4.48. The largest absolute Gasteiger partial charge is 0.463 e. The molecule has 0 aliphatic rings. The van der Waals surface area contributed by atoms with Crippen LogP contribution in [0, 0.1) is 0 Å². The molecule has 0 aliphatic heterocycles. The van der Waals surface area contributed by atoms with Crippen LogP contribution < -0.4 is 0 Å². The number of carbonyl (C=O) groups is 1. The molecule has 2 unspecified atom stereocenters. The smallest absolute Gasteiger partial charge is 0.305 e. The summed E-state index contributed by atoms with van der Waals surface area (Å²) in [6.45, 7) is 1.90. The second-order valence-corrected chi connectivity index (χ2v) is 7.23. The minimum absolute atomic E-state index is 0.0149. The number of aliphatic hydroxyl groups is 3. The van der Waals surface area contributed by atoms with Crippen molar-refractivity contribution < 1.29 is 29.6 Å². The van der Waals surface area contributed by atoms with E-state index in [1.165, 1.54) is 19.3 Å². The number of hydrogen-bond donors (Lipinski definition) is 3. The van der Waals surface area contributed by atoms with Crippen LogP contribution in [0.3, 0.4) is 0 Å². The highest BCUT2D eigenvalue weighted by Crippen LogP contribution is 2.14. The molecule has 170 valence electrons. The summed E-state index contributed by atoms with van der Waals surface area (Å²) in [4.78, 5) is 11.4. The van der Waals surface area contributed by atoms with Crippen molar-refractivity contribution in [3.05, 3.63) is 24.3 Å². The number of carbonyl (C=O) groups excluding carboxylic acids is 1. The fraction of sp³-hybridized carbons (Fsp3) is 0.783. The summed E-state index contributed by atoms with van der Waals surface area (Å²) in [7, 11) is 0. The summed E-state index contributed by atoms with van der Waals surface area (Å²) in [6, 6.07) is 0. The molecular weight excluding hydrogens is 372 g/mol. The van der Waals surface area contributed by atoms with Gasteiger partial charge in [-0.05, 0) is 44.9 Å². The number of esters is 1. The molecular formula is C23H42O6. The average molecular weight is 415 g/mol. The zero-order chi connectivity index (χ0) is 21.6. The number of unbranched alkanes of at least 4 members (excludes halogenated alkanes) is 4. The fourth-order valence-corrected chi connectivity index (χ4v) is 2.78. The first-order valence-electron chi connectivity index (χ1n) is 11.1. The Morgan fingerprint density at radius 3 is 2.41 bits per heavy atom. The predicted molar refractivity (Wildman–Crippen MR) is 116 cm³/mol. The number of rotatable bonds is 20. The summed E-state index contributed by atoms with van der Waals surface area (Å²) in [5.74, 6) is -0.294. The molecule has 0 heterocycles. The van der Waals surface area contributed by atoms with Crippen LogP contribution in [-0.2, 0) is 14.3 Å². The molecule has 29 heavy (non-hydrogen) atoms. The molecule has 0 aromatic carbocycles. The van der Waals surface area contributed by atoms with E-state index in [0.717, 1.165) is 38.5 Å². The van der Waals surface area contributed by atoms with Crippen molar-refractivity contribution in [1.29, 1.82) is 0 Å². The molecule has 0 aliphatic carbocycles. The number of allylic oxidation sites excluding steroid dienone is 4. The fourth-order valence-electron chi connectivity index (χ4n) is 2.78. The lowest BCUT2D eigenvalue weighted by molar-refractivity contribution is -0.144. The van der Waals surface area contributed by atoms with Gasteiger partial charge in [0.2, 0.25) is 0 Å². The third-order valence-electron chi connectivity index (χ3n) is 4.48. The number of aliphatic hydroxyl groups excluding tert-OH is 3. The van der Waals surface area contributed by atoms with Crippen molar-refractivity contribution in [1.82, 2.24) is 0 Å². The van der Waals surface area contributed by atoms with Gasteiger partial charge in [0.25, 0.3) is 0 Å². The van der Waals surface area contributed by atoms with E-state index in [1.54, 1.807) is 0 Å². The topological polar surface area (TPSA) is 96.2 Å². The van der Waals surface area contributed by atoms with Gasteiger partial charge in [0.1, 0.15) is 12.7 Å². The van der Waals surface area contributed by atoms with E-state index in [0.29, 0.717) is 12.8 Å². The van der Waals surface area contributed by atoms with Gasteiger partial charge in [0.15, 0.2) is 0 Å². The van der Waals surface area contributed by atoms with Gasteiger partial charge in [-0.15, -0.1) is 0 Å². The SMILES string of the molecule is CCCCC/C=C\C/C=C\CCC(CCCCC(=O)OCCO)OCC(O)CO. The van der Waals surface area contributed by atoms with Gasteiger partial charge < -0.3 is 24.8 Å². The van der Waals surface area contributed by atoms with Gasteiger partial charge in [-0.2, -0.15) is 0 Å². The summed E-state index contributed by atoms with van der Waals surface area (Å²) in [5.41, 5.74) is 0.